The van der Waals surface area contributed by atoms with Crippen molar-refractivity contribution in [2.75, 3.05) is 6.54 Å². The number of hydrogen-bond acceptors (Lipinski definition) is 3. The number of nitrogens with one attached hydrogen (secondary N) is 1. The van der Waals surface area contributed by atoms with Crippen LogP contribution in [0.1, 0.15) is 16.8 Å². The Balaban J connectivity index is 1.44. The van der Waals surface area contributed by atoms with Crippen LogP contribution in [-0.2, 0) is 17.8 Å². The third kappa shape index (κ3) is 2.86. The maximum absolute atomic E-state index is 12.4. The Morgan fingerprint density at radius 3 is 2.96 bits per heavy atom. The number of nitrogens with zero attached hydrogens (tertiary/aromatic N) is 4. The maximum atomic E-state index is 12.4. The molecular formula is C18H17N5O. The van der Waals surface area contributed by atoms with Crippen LogP contribution in [-0.4, -0.2) is 37.3 Å². The number of hydrogen-bond donors (Lipinski definition) is 1. The van der Waals surface area contributed by atoms with E-state index in [1.165, 1.54) is 0 Å². The second kappa shape index (κ2) is 6.16. The molecule has 24 heavy (non-hydrogen) atoms. The van der Waals surface area contributed by atoms with E-state index in [4.69, 9.17) is 0 Å². The maximum Gasteiger partial charge on any atom is 0.246 e. The fraction of sp³-hybridized carbons (Fsp3) is 0.167. The van der Waals surface area contributed by atoms with Gasteiger partial charge in [-0.3, -0.25) is 9.89 Å². The van der Waals surface area contributed by atoms with Gasteiger partial charge in [0.25, 0.3) is 0 Å². The predicted octanol–water partition coefficient (Wildman–Crippen LogP) is 2.19. The number of H-pyrrole nitrogens is 1. The SMILES string of the molecule is O=C(C=Cc1cnn(-c2ccccc2)c1)N1CCc2[nH]ncc2C1. The first-order chi connectivity index (χ1) is 11.8. The van der Waals surface area contributed by atoms with E-state index in [9.17, 15) is 4.79 Å². The Bertz CT molecular complexity index is 878. The molecule has 6 nitrogen and oxygen atoms in total. The van der Waals surface area contributed by atoms with Gasteiger partial charge in [-0.2, -0.15) is 10.2 Å². The molecule has 4 rings (SSSR count). The molecule has 0 radical (unpaired) electrons. The lowest BCUT2D eigenvalue weighted by Crippen LogP contribution is -2.34. The molecule has 0 unspecified atom stereocenters. The minimum Gasteiger partial charge on any atom is -0.334 e. The fourth-order valence-electron chi connectivity index (χ4n) is 2.83. The number of aromatic nitrogens is 4. The van der Waals surface area contributed by atoms with Crippen LogP contribution in [0.5, 0.6) is 0 Å². The highest BCUT2D eigenvalue weighted by molar-refractivity contribution is 5.91. The van der Waals surface area contributed by atoms with Gasteiger partial charge in [-0.15, -0.1) is 0 Å². The second-order valence-corrected chi connectivity index (χ2v) is 5.77. The molecule has 6 heteroatoms. The third-order valence-corrected chi connectivity index (χ3v) is 4.15. The number of aromatic amines is 1. The molecule has 3 heterocycles. The van der Waals surface area contributed by atoms with Crippen LogP contribution in [0.15, 0.2) is 55.0 Å². The van der Waals surface area contributed by atoms with Crippen LogP contribution in [0.4, 0.5) is 0 Å². The molecule has 0 saturated carbocycles. The molecule has 0 spiro atoms. The van der Waals surface area contributed by atoms with E-state index in [-0.39, 0.29) is 5.91 Å². The zero-order chi connectivity index (χ0) is 16.4. The van der Waals surface area contributed by atoms with Gasteiger partial charge in [-0.1, -0.05) is 18.2 Å². The molecule has 120 valence electrons. The van der Waals surface area contributed by atoms with Crippen molar-refractivity contribution in [1.29, 1.82) is 0 Å². The highest BCUT2D eigenvalue weighted by Gasteiger charge is 2.20. The summed E-state index contributed by atoms with van der Waals surface area (Å²) >= 11 is 0. The first-order valence-electron chi connectivity index (χ1n) is 7.88. The Hall–Kier alpha value is -3.15. The van der Waals surface area contributed by atoms with Crippen LogP contribution in [0.3, 0.4) is 0 Å². The Morgan fingerprint density at radius 1 is 1.21 bits per heavy atom. The lowest BCUT2D eigenvalue weighted by molar-refractivity contribution is -0.126. The number of carbonyl (C=O) groups is 1. The zero-order valence-electron chi connectivity index (χ0n) is 13.1. The monoisotopic (exact) mass is 319 g/mol. The van der Waals surface area contributed by atoms with Crippen LogP contribution in [0.2, 0.25) is 0 Å². The van der Waals surface area contributed by atoms with E-state index >= 15 is 0 Å². The number of benzene rings is 1. The molecule has 1 aliphatic rings. The van der Waals surface area contributed by atoms with Crippen molar-refractivity contribution in [3.05, 3.63) is 71.8 Å². The third-order valence-electron chi connectivity index (χ3n) is 4.15. The molecule has 2 aromatic heterocycles. The average molecular weight is 319 g/mol. The zero-order valence-corrected chi connectivity index (χ0v) is 13.1. The molecule has 1 N–H and O–H groups in total. The highest BCUT2D eigenvalue weighted by Crippen LogP contribution is 2.16. The van der Waals surface area contributed by atoms with Crippen molar-refractivity contribution >= 4 is 12.0 Å². The number of rotatable bonds is 3. The van der Waals surface area contributed by atoms with Crippen LogP contribution in [0.25, 0.3) is 11.8 Å². The number of fused-ring (bicyclic) bond motifs is 1. The molecule has 0 bridgehead atoms. The van der Waals surface area contributed by atoms with Crippen molar-refractivity contribution in [2.45, 2.75) is 13.0 Å². The lowest BCUT2D eigenvalue weighted by atomic mass is 10.1. The standard InChI is InChI=1S/C18H17N5O/c24-18(22-9-8-17-15(13-22)11-19-21-17)7-6-14-10-20-23(12-14)16-4-2-1-3-5-16/h1-7,10-12H,8-9,13H2,(H,19,21). The van der Waals surface area contributed by atoms with E-state index < -0.39 is 0 Å². The van der Waals surface area contributed by atoms with E-state index in [0.29, 0.717) is 13.1 Å². The molecule has 1 aromatic carbocycles. The average Bonchev–Trinajstić information content (AvgIpc) is 3.29. The smallest absolute Gasteiger partial charge is 0.246 e. The van der Waals surface area contributed by atoms with Crippen molar-refractivity contribution in [1.82, 2.24) is 24.9 Å². The lowest BCUT2D eigenvalue weighted by Gasteiger charge is -2.25. The number of para-hydroxylation sites is 1. The first-order valence-corrected chi connectivity index (χ1v) is 7.88. The van der Waals surface area contributed by atoms with Crippen LogP contribution in [0, 0.1) is 0 Å². The number of carbonyl (C=O) groups excluding carboxylic acids is 1. The quantitative estimate of drug-likeness (QED) is 0.753. The summed E-state index contributed by atoms with van der Waals surface area (Å²) in [6, 6.07) is 9.88. The van der Waals surface area contributed by atoms with Gasteiger partial charge in [0, 0.05) is 48.6 Å². The second-order valence-electron chi connectivity index (χ2n) is 5.77. The molecule has 0 saturated heterocycles. The van der Waals surface area contributed by atoms with Gasteiger partial charge in [-0.25, -0.2) is 4.68 Å². The molecule has 0 atom stereocenters. The minimum atomic E-state index is 0.00862. The summed E-state index contributed by atoms with van der Waals surface area (Å²) in [6.45, 7) is 1.32. The van der Waals surface area contributed by atoms with E-state index in [2.05, 4.69) is 15.3 Å². The number of amides is 1. The van der Waals surface area contributed by atoms with Gasteiger partial charge in [0.05, 0.1) is 18.1 Å². The topological polar surface area (TPSA) is 66.8 Å². The van der Waals surface area contributed by atoms with Gasteiger partial charge in [0.1, 0.15) is 0 Å². The Labute approximate surface area is 139 Å². The highest BCUT2D eigenvalue weighted by atomic mass is 16.2. The van der Waals surface area contributed by atoms with Gasteiger partial charge >= 0.3 is 0 Å². The summed E-state index contributed by atoms with van der Waals surface area (Å²) in [4.78, 5) is 14.2. The summed E-state index contributed by atoms with van der Waals surface area (Å²) in [5.41, 5.74) is 4.12. The van der Waals surface area contributed by atoms with Crippen molar-refractivity contribution in [3.8, 4) is 5.69 Å². The van der Waals surface area contributed by atoms with Gasteiger partial charge in [0.15, 0.2) is 0 Å². The molecule has 3 aromatic rings. The summed E-state index contributed by atoms with van der Waals surface area (Å²) in [5.74, 6) is 0.00862. The normalized spacial score (nSPS) is 14.1. The fourth-order valence-corrected chi connectivity index (χ4v) is 2.83. The summed E-state index contributed by atoms with van der Waals surface area (Å²) < 4.78 is 1.79. The van der Waals surface area contributed by atoms with E-state index in [0.717, 1.165) is 28.9 Å². The Morgan fingerprint density at radius 2 is 2.08 bits per heavy atom. The largest absolute Gasteiger partial charge is 0.334 e. The van der Waals surface area contributed by atoms with Gasteiger partial charge in [-0.05, 0) is 18.2 Å². The van der Waals surface area contributed by atoms with Crippen molar-refractivity contribution < 1.29 is 4.79 Å². The summed E-state index contributed by atoms with van der Waals surface area (Å²) in [6.07, 6.45) is 9.69. The summed E-state index contributed by atoms with van der Waals surface area (Å²) in [7, 11) is 0. The molecule has 1 amide bonds. The van der Waals surface area contributed by atoms with Crippen LogP contribution >= 0.6 is 0 Å². The van der Waals surface area contributed by atoms with Crippen LogP contribution < -0.4 is 0 Å². The van der Waals surface area contributed by atoms with E-state index in [1.807, 2.05) is 41.4 Å². The molecule has 0 aliphatic carbocycles. The molecule has 1 aliphatic heterocycles. The molecular weight excluding hydrogens is 302 g/mol. The van der Waals surface area contributed by atoms with Gasteiger partial charge < -0.3 is 4.90 Å². The van der Waals surface area contributed by atoms with Crippen molar-refractivity contribution in [2.24, 2.45) is 0 Å². The van der Waals surface area contributed by atoms with Crippen molar-refractivity contribution in [3.63, 3.8) is 0 Å². The van der Waals surface area contributed by atoms with E-state index in [1.54, 1.807) is 29.2 Å². The Kier molecular flexibility index (Phi) is 3.70. The molecule has 0 fully saturated rings. The summed E-state index contributed by atoms with van der Waals surface area (Å²) in [5, 5.41) is 11.3. The predicted molar refractivity (Wildman–Crippen MR) is 90.3 cm³/mol. The first kappa shape index (κ1) is 14.4. The minimum absolute atomic E-state index is 0.00862. The van der Waals surface area contributed by atoms with Gasteiger partial charge in [0.2, 0.25) is 5.91 Å².